The van der Waals surface area contributed by atoms with Crippen molar-refractivity contribution in [3.8, 4) is 0 Å². The number of rotatable bonds is 4. The molecular formula is C12H16N4O2S. The Bertz CT molecular complexity index is 659. The van der Waals surface area contributed by atoms with E-state index in [0.717, 1.165) is 5.56 Å². The van der Waals surface area contributed by atoms with E-state index >= 15 is 0 Å². The van der Waals surface area contributed by atoms with Crippen LogP contribution in [0, 0.1) is 6.92 Å². The highest BCUT2D eigenvalue weighted by molar-refractivity contribution is 7.92. The maximum absolute atomic E-state index is 12.1. The Kier molecular flexibility index (Phi) is 3.57. The van der Waals surface area contributed by atoms with Gasteiger partial charge in [-0.05, 0) is 19.1 Å². The van der Waals surface area contributed by atoms with Crippen molar-refractivity contribution in [1.82, 2.24) is 15.2 Å². The average molecular weight is 280 g/mol. The Balaban J connectivity index is 2.23. The summed E-state index contributed by atoms with van der Waals surface area (Å²) < 4.78 is 26.5. The summed E-state index contributed by atoms with van der Waals surface area (Å²) in [5.41, 5.74) is 0.999. The molecule has 19 heavy (non-hydrogen) atoms. The predicted molar refractivity (Wildman–Crippen MR) is 72.5 cm³/mol. The van der Waals surface area contributed by atoms with Gasteiger partial charge in [0.1, 0.15) is 5.82 Å². The lowest BCUT2D eigenvalue weighted by molar-refractivity contribution is 0.601. The van der Waals surface area contributed by atoms with Crippen molar-refractivity contribution < 1.29 is 8.42 Å². The first-order chi connectivity index (χ1) is 8.88. The van der Waals surface area contributed by atoms with Crippen molar-refractivity contribution in [3.05, 3.63) is 35.7 Å². The zero-order valence-corrected chi connectivity index (χ0v) is 11.8. The molecule has 0 amide bonds. The van der Waals surface area contributed by atoms with Crippen LogP contribution < -0.4 is 4.72 Å². The highest BCUT2D eigenvalue weighted by Gasteiger charge is 2.17. The topological polar surface area (TPSA) is 87.7 Å². The summed E-state index contributed by atoms with van der Waals surface area (Å²) in [6.07, 6.45) is 0. The Morgan fingerprint density at radius 2 is 1.84 bits per heavy atom. The SMILES string of the molecule is Cc1ccc(S(=O)(=O)Nc2n[nH]c(C(C)C)n2)cc1. The van der Waals surface area contributed by atoms with E-state index in [2.05, 4.69) is 19.9 Å². The number of aryl methyl sites for hydroxylation is 1. The van der Waals surface area contributed by atoms with E-state index in [9.17, 15) is 8.42 Å². The molecule has 0 fully saturated rings. The molecule has 2 aromatic rings. The van der Waals surface area contributed by atoms with Crippen LogP contribution in [-0.2, 0) is 10.0 Å². The van der Waals surface area contributed by atoms with Crippen molar-refractivity contribution in [2.24, 2.45) is 0 Å². The van der Waals surface area contributed by atoms with Gasteiger partial charge in [-0.3, -0.25) is 5.10 Å². The zero-order chi connectivity index (χ0) is 14.0. The number of hydrogen-bond donors (Lipinski definition) is 2. The van der Waals surface area contributed by atoms with Gasteiger partial charge in [0.15, 0.2) is 0 Å². The standard InChI is InChI=1S/C12H16N4O2S/c1-8(2)11-13-12(15-14-11)16-19(17,18)10-6-4-9(3)5-7-10/h4-8H,1-3H3,(H2,13,14,15,16). The molecule has 2 N–H and O–H groups in total. The molecule has 0 atom stereocenters. The lowest BCUT2D eigenvalue weighted by Gasteiger charge is -2.04. The summed E-state index contributed by atoms with van der Waals surface area (Å²) in [6, 6.07) is 6.58. The second-order valence-corrected chi connectivity index (χ2v) is 6.30. The third-order valence-corrected chi connectivity index (χ3v) is 3.95. The largest absolute Gasteiger partial charge is 0.264 e. The molecule has 0 saturated carbocycles. The van der Waals surface area contributed by atoms with E-state index in [0.29, 0.717) is 5.82 Å². The minimum absolute atomic E-state index is 0.0595. The predicted octanol–water partition coefficient (Wildman–Crippen LogP) is 2.04. The number of anilines is 1. The van der Waals surface area contributed by atoms with Gasteiger partial charge in [0.25, 0.3) is 16.0 Å². The van der Waals surface area contributed by atoms with Gasteiger partial charge in [0.05, 0.1) is 4.90 Å². The van der Waals surface area contributed by atoms with Crippen LogP contribution in [0.2, 0.25) is 0 Å². The van der Waals surface area contributed by atoms with Gasteiger partial charge in [-0.1, -0.05) is 31.5 Å². The van der Waals surface area contributed by atoms with Crippen molar-refractivity contribution in [3.63, 3.8) is 0 Å². The number of hydrogen-bond acceptors (Lipinski definition) is 4. The first-order valence-electron chi connectivity index (χ1n) is 5.90. The Morgan fingerprint density at radius 1 is 1.21 bits per heavy atom. The molecule has 0 bridgehead atoms. The van der Waals surface area contributed by atoms with Gasteiger partial charge in [0, 0.05) is 5.92 Å². The van der Waals surface area contributed by atoms with E-state index in [4.69, 9.17) is 0 Å². The van der Waals surface area contributed by atoms with Crippen LogP contribution in [-0.4, -0.2) is 23.6 Å². The summed E-state index contributed by atoms with van der Waals surface area (Å²) in [5, 5.41) is 6.54. The summed E-state index contributed by atoms with van der Waals surface area (Å²) >= 11 is 0. The number of aromatic nitrogens is 3. The zero-order valence-electron chi connectivity index (χ0n) is 11.0. The monoisotopic (exact) mass is 280 g/mol. The summed E-state index contributed by atoms with van der Waals surface area (Å²) in [4.78, 5) is 4.27. The Hall–Kier alpha value is -1.89. The fourth-order valence-corrected chi connectivity index (χ4v) is 2.42. The van der Waals surface area contributed by atoms with E-state index in [1.165, 1.54) is 0 Å². The number of aromatic amines is 1. The number of nitrogens with one attached hydrogen (secondary N) is 2. The summed E-state index contributed by atoms with van der Waals surface area (Å²) in [7, 11) is -3.64. The van der Waals surface area contributed by atoms with Crippen LogP contribution in [0.3, 0.4) is 0 Å². The van der Waals surface area contributed by atoms with Gasteiger partial charge in [-0.2, -0.15) is 4.98 Å². The van der Waals surface area contributed by atoms with Crippen molar-refractivity contribution >= 4 is 16.0 Å². The molecule has 1 aromatic heterocycles. The molecule has 1 heterocycles. The molecule has 6 nitrogen and oxygen atoms in total. The quantitative estimate of drug-likeness (QED) is 0.897. The van der Waals surface area contributed by atoms with E-state index < -0.39 is 10.0 Å². The Labute approximate surface area is 112 Å². The smallest absolute Gasteiger partial charge is 0.261 e. The minimum Gasteiger partial charge on any atom is -0.261 e. The molecule has 7 heteroatoms. The van der Waals surface area contributed by atoms with Crippen LogP contribution in [0.15, 0.2) is 29.2 Å². The second-order valence-electron chi connectivity index (χ2n) is 4.62. The molecule has 0 aliphatic carbocycles. The summed E-state index contributed by atoms with van der Waals surface area (Å²) in [6.45, 7) is 5.78. The maximum atomic E-state index is 12.1. The summed E-state index contributed by atoms with van der Waals surface area (Å²) in [5.74, 6) is 0.857. The van der Waals surface area contributed by atoms with Gasteiger partial charge in [0.2, 0.25) is 0 Å². The first kappa shape index (κ1) is 13.5. The number of H-pyrrole nitrogens is 1. The van der Waals surface area contributed by atoms with Crippen LogP contribution in [0.25, 0.3) is 0 Å². The molecule has 1 aromatic carbocycles. The fourth-order valence-electron chi connectivity index (χ4n) is 1.47. The number of nitrogens with zero attached hydrogens (tertiary/aromatic N) is 2. The van der Waals surface area contributed by atoms with Crippen LogP contribution >= 0.6 is 0 Å². The van der Waals surface area contributed by atoms with Gasteiger partial charge in [-0.25, -0.2) is 13.1 Å². The van der Waals surface area contributed by atoms with E-state index in [-0.39, 0.29) is 16.8 Å². The van der Waals surface area contributed by atoms with E-state index in [1.54, 1.807) is 24.3 Å². The molecule has 102 valence electrons. The highest BCUT2D eigenvalue weighted by Crippen LogP contribution is 2.15. The first-order valence-corrected chi connectivity index (χ1v) is 7.38. The van der Waals surface area contributed by atoms with Crippen molar-refractivity contribution in [2.75, 3.05) is 4.72 Å². The lowest BCUT2D eigenvalue weighted by Crippen LogP contribution is -2.14. The van der Waals surface area contributed by atoms with Crippen molar-refractivity contribution in [1.29, 1.82) is 0 Å². The fraction of sp³-hybridized carbons (Fsp3) is 0.333. The molecule has 0 unspecified atom stereocenters. The molecule has 0 saturated heterocycles. The van der Waals surface area contributed by atoms with Gasteiger partial charge >= 0.3 is 0 Å². The third kappa shape index (κ3) is 3.11. The molecule has 2 rings (SSSR count). The van der Waals surface area contributed by atoms with Gasteiger partial charge < -0.3 is 0 Å². The van der Waals surface area contributed by atoms with Crippen LogP contribution in [0.5, 0.6) is 0 Å². The third-order valence-electron chi connectivity index (χ3n) is 2.61. The average Bonchev–Trinajstić information content (AvgIpc) is 2.77. The normalized spacial score (nSPS) is 11.8. The number of benzene rings is 1. The molecule has 0 aliphatic heterocycles. The molecule has 0 radical (unpaired) electrons. The molecule has 0 spiro atoms. The molecule has 0 aliphatic rings. The maximum Gasteiger partial charge on any atom is 0.264 e. The number of sulfonamides is 1. The van der Waals surface area contributed by atoms with E-state index in [1.807, 2.05) is 20.8 Å². The minimum atomic E-state index is -3.64. The molecular weight excluding hydrogens is 264 g/mol. The van der Waals surface area contributed by atoms with Crippen molar-refractivity contribution in [2.45, 2.75) is 31.6 Å². The lowest BCUT2D eigenvalue weighted by atomic mass is 10.2. The second kappa shape index (κ2) is 5.00. The van der Waals surface area contributed by atoms with Crippen LogP contribution in [0.4, 0.5) is 5.95 Å². The highest BCUT2D eigenvalue weighted by atomic mass is 32.2. The Morgan fingerprint density at radius 3 is 2.37 bits per heavy atom. The van der Waals surface area contributed by atoms with Crippen LogP contribution in [0.1, 0.15) is 31.2 Å². The van der Waals surface area contributed by atoms with Gasteiger partial charge in [-0.15, -0.1) is 5.10 Å².